The van der Waals surface area contributed by atoms with E-state index in [9.17, 15) is 14.7 Å². The predicted molar refractivity (Wildman–Crippen MR) is 133 cm³/mol. The number of nitrogens with one attached hydrogen (secondary N) is 1. The van der Waals surface area contributed by atoms with Gasteiger partial charge in [-0.2, -0.15) is 0 Å². The van der Waals surface area contributed by atoms with Gasteiger partial charge in [-0.3, -0.25) is 4.79 Å². The number of carbonyl (C=O) groups excluding carboxylic acids is 1. The maximum atomic E-state index is 12.5. The Morgan fingerprint density at radius 2 is 1.36 bits per heavy atom. The third kappa shape index (κ3) is 5.00. The Morgan fingerprint density at radius 1 is 0.758 bits per heavy atom. The number of aryl methyl sites for hydroxylation is 3. The molecule has 1 fully saturated rings. The number of hydrogen-bond acceptors (Lipinski definition) is 4. The van der Waals surface area contributed by atoms with E-state index in [1.807, 2.05) is 19.1 Å². The predicted octanol–water partition coefficient (Wildman–Crippen LogP) is 4.89. The zero-order valence-electron chi connectivity index (χ0n) is 19.3. The van der Waals surface area contributed by atoms with E-state index in [1.165, 1.54) is 16.8 Å². The summed E-state index contributed by atoms with van der Waals surface area (Å²) in [4.78, 5) is 29.0. The van der Waals surface area contributed by atoms with Crippen LogP contribution in [0.1, 0.15) is 37.4 Å². The number of anilines is 3. The second-order valence-electron chi connectivity index (χ2n) is 8.62. The summed E-state index contributed by atoms with van der Waals surface area (Å²) in [6.45, 7) is 9.25. The quantitative estimate of drug-likeness (QED) is 0.587. The summed E-state index contributed by atoms with van der Waals surface area (Å²) < 4.78 is 0. The summed E-state index contributed by atoms with van der Waals surface area (Å²) in [6.07, 6.45) is 0. The van der Waals surface area contributed by atoms with Crippen molar-refractivity contribution >= 4 is 28.9 Å². The van der Waals surface area contributed by atoms with Crippen molar-refractivity contribution in [2.24, 2.45) is 0 Å². The maximum Gasteiger partial charge on any atom is 0.337 e. The lowest BCUT2D eigenvalue weighted by atomic mass is 10.1. The first-order valence-electron chi connectivity index (χ1n) is 11.1. The Labute approximate surface area is 194 Å². The Hall–Kier alpha value is -3.80. The van der Waals surface area contributed by atoms with Gasteiger partial charge in [-0.25, -0.2) is 4.79 Å². The molecule has 0 aromatic heterocycles. The van der Waals surface area contributed by atoms with Crippen LogP contribution in [0.3, 0.4) is 0 Å². The standard InChI is InChI=1S/C27H29N3O3/c1-18-5-8-21(9-6-18)26(31)28-22-10-11-24(23(17-22)27(32)33)29-12-14-30(15-13-29)25-16-19(2)4-7-20(25)3/h4-11,16-17H,12-15H2,1-3H3,(H,28,31)(H,32,33). The van der Waals surface area contributed by atoms with Crippen molar-refractivity contribution in [1.82, 2.24) is 0 Å². The number of piperazine rings is 1. The molecular formula is C27H29N3O3. The molecule has 0 aliphatic carbocycles. The molecule has 170 valence electrons. The van der Waals surface area contributed by atoms with E-state index in [4.69, 9.17) is 0 Å². The molecule has 0 unspecified atom stereocenters. The van der Waals surface area contributed by atoms with Crippen LogP contribution in [0.2, 0.25) is 0 Å². The molecule has 1 amide bonds. The van der Waals surface area contributed by atoms with Crippen molar-refractivity contribution in [3.05, 3.63) is 88.5 Å². The van der Waals surface area contributed by atoms with Crippen LogP contribution in [0.5, 0.6) is 0 Å². The number of aromatic carboxylic acids is 1. The highest BCUT2D eigenvalue weighted by Crippen LogP contribution is 2.28. The molecule has 0 atom stereocenters. The van der Waals surface area contributed by atoms with Gasteiger partial charge < -0.3 is 20.2 Å². The van der Waals surface area contributed by atoms with Gasteiger partial charge in [0.1, 0.15) is 0 Å². The van der Waals surface area contributed by atoms with Crippen molar-refractivity contribution < 1.29 is 14.7 Å². The molecule has 4 rings (SSSR count). The summed E-state index contributed by atoms with van der Waals surface area (Å²) in [5.41, 5.74) is 6.65. The van der Waals surface area contributed by atoms with Gasteiger partial charge in [0, 0.05) is 43.1 Å². The van der Waals surface area contributed by atoms with Crippen LogP contribution in [0.25, 0.3) is 0 Å². The van der Waals surface area contributed by atoms with Gasteiger partial charge in [0.2, 0.25) is 0 Å². The van der Waals surface area contributed by atoms with E-state index in [2.05, 4.69) is 47.2 Å². The average molecular weight is 444 g/mol. The number of amides is 1. The van der Waals surface area contributed by atoms with Gasteiger partial charge in [0.15, 0.2) is 0 Å². The van der Waals surface area contributed by atoms with Crippen LogP contribution >= 0.6 is 0 Å². The summed E-state index contributed by atoms with van der Waals surface area (Å²) in [5, 5.41) is 12.7. The Bertz CT molecular complexity index is 1180. The van der Waals surface area contributed by atoms with Crippen molar-refractivity contribution in [3.8, 4) is 0 Å². The average Bonchev–Trinajstić information content (AvgIpc) is 2.81. The van der Waals surface area contributed by atoms with Crippen LogP contribution in [-0.2, 0) is 0 Å². The van der Waals surface area contributed by atoms with E-state index in [0.29, 0.717) is 16.9 Å². The number of carbonyl (C=O) groups is 2. The minimum absolute atomic E-state index is 0.192. The van der Waals surface area contributed by atoms with E-state index >= 15 is 0 Å². The minimum Gasteiger partial charge on any atom is -0.478 e. The monoisotopic (exact) mass is 443 g/mol. The van der Waals surface area contributed by atoms with Gasteiger partial charge in [-0.15, -0.1) is 0 Å². The van der Waals surface area contributed by atoms with Crippen LogP contribution in [-0.4, -0.2) is 43.2 Å². The molecule has 1 aliphatic rings. The zero-order chi connectivity index (χ0) is 23.5. The largest absolute Gasteiger partial charge is 0.478 e. The Kier molecular flexibility index (Phi) is 6.36. The van der Waals surface area contributed by atoms with Gasteiger partial charge in [-0.05, 0) is 68.3 Å². The molecule has 1 heterocycles. The maximum absolute atomic E-state index is 12.5. The van der Waals surface area contributed by atoms with E-state index in [-0.39, 0.29) is 11.5 Å². The Morgan fingerprint density at radius 3 is 2.00 bits per heavy atom. The second-order valence-corrected chi connectivity index (χ2v) is 8.62. The number of benzene rings is 3. The Balaban J connectivity index is 1.49. The van der Waals surface area contributed by atoms with Crippen molar-refractivity contribution in [1.29, 1.82) is 0 Å². The molecule has 0 saturated carbocycles. The molecule has 0 radical (unpaired) electrons. The molecule has 2 N–H and O–H groups in total. The lowest BCUT2D eigenvalue weighted by Gasteiger charge is -2.38. The van der Waals surface area contributed by atoms with E-state index in [0.717, 1.165) is 31.7 Å². The number of carboxylic acid groups (broad SMARTS) is 1. The van der Waals surface area contributed by atoms with E-state index < -0.39 is 5.97 Å². The topological polar surface area (TPSA) is 72.9 Å². The number of rotatable bonds is 5. The summed E-state index contributed by atoms with van der Waals surface area (Å²) >= 11 is 0. The van der Waals surface area contributed by atoms with Gasteiger partial charge in [0.05, 0.1) is 11.3 Å². The van der Waals surface area contributed by atoms with Crippen LogP contribution in [0, 0.1) is 20.8 Å². The molecule has 0 spiro atoms. The van der Waals surface area contributed by atoms with Gasteiger partial charge >= 0.3 is 5.97 Å². The third-order valence-electron chi connectivity index (χ3n) is 6.12. The summed E-state index contributed by atoms with van der Waals surface area (Å²) in [7, 11) is 0. The molecule has 33 heavy (non-hydrogen) atoms. The number of nitrogens with zero attached hydrogens (tertiary/aromatic N) is 2. The highest BCUT2D eigenvalue weighted by atomic mass is 16.4. The number of carboxylic acids is 1. The smallest absolute Gasteiger partial charge is 0.337 e. The minimum atomic E-state index is -1.01. The van der Waals surface area contributed by atoms with Gasteiger partial charge in [-0.1, -0.05) is 29.8 Å². The SMILES string of the molecule is Cc1ccc(C(=O)Nc2ccc(N3CCN(c4cc(C)ccc4C)CC3)c(C(=O)O)c2)cc1. The highest BCUT2D eigenvalue weighted by Gasteiger charge is 2.23. The molecule has 6 nitrogen and oxygen atoms in total. The fourth-order valence-corrected chi connectivity index (χ4v) is 4.22. The van der Waals surface area contributed by atoms with Crippen molar-refractivity contribution in [2.45, 2.75) is 20.8 Å². The molecule has 6 heteroatoms. The fraction of sp³-hybridized carbons (Fsp3) is 0.259. The normalized spacial score (nSPS) is 13.7. The molecule has 1 aliphatic heterocycles. The summed E-state index contributed by atoms with van der Waals surface area (Å²) in [6, 6.07) is 18.8. The molecule has 1 saturated heterocycles. The summed E-state index contributed by atoms with van der Waals surface area (Å²) in [5.74, 6) is -1.27. The first-order valence-corrected chi connectivity index (χ1v) is 11.1. The number of hydrogen-bond donors (Lipinski definition) is 2. The lowest BCUT2D eigenvalue weighted by molar-refractivity contribution is 0.0697. The first kappa shape index (κ1) is 22.4. The van der Waals surface area contributed by atoms with Crippen molar-refractivity contribution in [3.63, 3.8) is 0 Å². The van der Waals surface area contributed by atoms with Crippen LogP contribution in [0.4, 0.5) is 17.1 Å². The van der Waals surface area contributed by atoms with Crippen LogP contribution in [0.15, 0.2) is 60.7 Å². The van der Waals surface area contributed by atoms with E-state index in [1.54, 1.807) is 30.3 Å². The third-order valence-corrected chi connectivity index (χ3v) is 6.12. The van der Waals surface area contributed by atoms with Crippen LogP contribution < -0.4 is 15.1 Å². The molecule has 3 aromatic rings. The first-order chi connectivity index (χ1) is 15.8. The zero-order valence-corrected chi connectivity index (χ0v) is 19.3. The van der Waals surface area contributed by atoms with Crippen molar-refractivity contribution in [2.75, 3.05) is 41.3 Å². The fourth-order valence-electron chi connectivity index (χ4n) is 4.22. The highest BCUT2D eigenvalue weighted by molar-refractivity contribution is 6.05. The lowest BCUT2D eigenvalue weighted by Crippen LogP contribution is -2.47. The molecular weight excluding hydrogens is 414 g/mol. The second kappa shape index (κ2) is 9.36. The van der Waals surface area contributed by atoms with Gasteiger partial charge in [0.25, 0.3) is 5.91 Å². The molecule has 3 aromatic carbocycles. The molecule has 0 bridgehead atoms.